The highest BCUT2D eigenvalue weighted by atomic mass is 16.3. The predicted molar refractivity (Wildman–Crippen MR) is 53.3 cm³/mol. The summed E-state index contributed by atoms with van der Waals surface area (Å²) in [7, 11) is 4.08. The first-order valence-electron chi connectivity index (χ1n) is 4.99. The summed E-state index contributed by atoms with van der Waals surface area (Å²) in [5, 5.41) is 9.50. The van der Waals surface area contributed by atoms with Crippen LogP contribution in [0.25, 0.3) is 0 Å². The molecule has 0 aromatic rings. The van der Waals surface area contributed by atoms with E-state index in [2.05, 4.69) is 11.8 Å². The van der Waals surface area contributed by atoms with Crippen LogP contribution >= 0.6 is 0 Å². The van der Waals surface area contributed by atoms with E-state index in [0.717, 1.165) is 19.4 Å². The number of hydrogen-bond donors (Lipinski definition) is 1. The molecule has 0 amide bonds. The van der Waals surface area contributed by atoms with Gasteiger partial charge in [-0.1, -0.05) is 26.2 Å². The zero-order valence-corrected chi connectivity index (χ0v) is 8.71. The first kappa shape index (κ1) is 11.9. The van der Waals surface area contributed by atoms with E-state index in [1.54, 1.807) is 0 Å². The molecule has 0 bridgehead atoms. The molecule has 0 aromatic carbocycles. The maximum absolute atomic E-state index is 9.50. The normalized spacial score (nSPS) is 13.8. The van der Waals surface area contributed by atoms with Crippen LogP contribution in [0.4, 0.5) is 0 Å². The summed E-state index contributed by atoms with van der Waals surface area (Å²) in [5.74, 6) is 0. The third-order valence-corrected chi connectivity index (χ3v) is 2.05. The van der Waals surface area contributed by atoms with E-state index in [1.165, 1.54) is 19.3 Å². The van der Waals surface area contributed by atoms with Crippen LogP contribution in [0.2, 0.25) is 0 Å². The fourth-order valence-electron chi connectivity index (χ4n) is 1.18. The minimum atomic E-state index is -0.0843. The average Bonchev–Trinajstić information content (AvgIpc) is 2.01. The lowest BCUT2D eigenvalue weighted by Crippen LogP contribution is -2.19. The van der Waals surface area contributed by atoms with Gasteiger partial charge in [0.1, 0.15) is 0 Å². The molecule has 0 radical (unpaired) electrons. The molecule has 1 unspecified atom stereocenters. The Morgan fingerprint density at radius 2 is 1.83 bits per heavy atom. The van der Waals surface area contributed by atoms with Crippen molar-refractivity contribution in [3.63, 3.8) is 0 Å². The standard InChI is InChI=1S/C10H23NO/c1-4-5-6-7-10(12)8-9-11(2)3/h10,12H,4-9H2,1-3H3. The highest BCUT2D eigenvalue weighted by Crippen LogP contribution is 2.06. The number of nitrogens with zero attached hydrogens (tertiary/aromatic N) is 1. The molecule has 1 atom stereocenters. The number of aliphatic hydroxyl groups is 1. The molecule has 2 nitrogen and oxygen atoms in total. The van der Waals surface area contributed by atoms with Gasteiger partial charge in [-0.15, -0.1) is 0 Å². The molecule has 0 aliphatic heterocycles. The van der Waals surface area contributed by atoms with E-state index in [4.69, 9.17) is 0 Å². The van der Waals surface area contributed by atoms with Crippen molar-refractivity contribution in [3.8, 4) is 0 Å². The highest BCUT2D eigenvalue weighted by Gasteiger charge is 2.03. The Morgan fingerprint density at radius 1 is 1.17 bits per heavy atom. The van der Waals surface area contributed by atoms with Gasteiger partial charge in [0.25, 0.3) is 0 Å². The van der Waals surface area contributed by atoms with Gasteiger partial charge in [-0.3, -0.25) is 0 Å². The average molecular weight is 173 g/mol. The van der Waals surface area contributed by atoms with Gasteiger partial charge >= 0.3 is 0 Å². The smallest absolute Gasteiger partial charge is 0.0552 e. The van der Waals surface area contributed by atoms with Crippen molar-refractivity contribution in [1.82, 2.24) is 4.90 Å². The van der Waals surface area contributed by atoms with Crippen LogP contribution in [-0.4, -0.2) is 36.8 Å². The molecular weight excluding hydrogens is 150 g/mol. The molecule has 2 heteroatoms. The number of aliphatic hydroxyl groups excluding tert-OH is 1. The van der Waals surface area contributed by atoms with Crippen LogP contribution in [-0.2, 0) is 0 Å². The lowest BCUT2D eigenvalue weighted by atomic mass is 10.1. The predicted octanol–water partition coefficient (Wildman–Crippen LogP) is 1.88. The van der Waals surface area contributed by atoms with Gasteiger partial charge in [0.15, 0.2) is 0 Å². The van der Waals surface area contributed by atoms with Gasteiger partial charge in [0, 0.05) is 0 Å². The molecule has 0 aromatic heterocycles. The summed E-state index contributed by atoms with van der Waals surface area (Å²) in [6.07, 6.45) is 5.46. The molecule has 0 rings (SSSR count). The highest BCUT2D eigenvalue weighted by molar-refractivity contribution is 4.57. The maximum Gasteiger partial charge on any atom is 0.0552 e. The topological polar surface area (TPSA) is 23.5 Å². The van der Waals surface area contributed by atoms with Gasteiger partial charge in [0.05, 0.1) is 6.10 Å². The van der Waals surface area contributed by atoms with Crippen LogP contribution in [0, 0.1) is 0 Å². The van der Waals surface area contributed by atoms with Gasteiger partial charge in [-0.05, 0) is 33.5 Å². The Labute approximate surface area is 76.6 Å². The van der Waals surface area contributed by atoms with E-state index in [0.29, 0.717) is 0 Å². The molecule has 0 saturated heterocycles. The van der Waals surface area contributed by atoms with Crippen molar-refractivity contribution >= 4 is 0 Å². The second-order valence-electron chi connectivity index (χ2n) is 3.74. The van der Waals surface area contributed by atoms with Crippen molar-refractivity contribution in [2.75, 3.05) is 20.6 Å². The largest absolute Gasteiger partial charge is 0.393 e. The fraction of sp³-hybridized carbons (Fsp3) is 1.00. The number of rotatable bonds is 7. The lowest BCUT2D eigenvalue weighted by molar-refractivity contribution is 0.139. The molecule has 0 fully saturated rings. The fourth-order valence-corrected chi connectivity index (χ4v) is 1.18. The van der Waals surface area contributed by atoms with Crippen molar-refractivity contribution in [2.24, 2.45) is 0 Å². The zero-order chi connectivity index (χ0) is 9.40. The summed E-state index contributed by atoms with van der Waals surface area (Å²) in [6.45, 7) is 3.18. The van der Waals surface area contributed by atoms with Crippen molar-refractivity contribution in [2.45, 2.75) is 45.1 Å². The van der Waals surface area contributed by atoms with Crippen LogP contribution in [0.3, 0.4) is 0 Å². The van der Waals surface area contributed by atoms with Gasteiger partial charge < -0.3 is 10.0 Å². The quantitative estimate of drug-likeness (QED) is 0.594. The van der Waals surface area contributed by atoms with Crippen LogP contribution < -0.4 is 0 Å². The summed E-state index contributed by atoms with van der Waals surface area (Å²) in [4.78, 5) is 2.11. The molecule has 0 saturated carbocycles. The molecule has 0 aliphatic rings. The van der Waals surface area contributed by atoms with E-state index in [9.17, 15) is 5.11 Å². The summed E-state index contributed by atoms with van der Waals surface area (Å²) < 4.78 is 0. The molecule has 0 aliphatic carbocycles. The van der Waals surface area contributed by atoms with Crippen LogP contribution in [0.5, 0.6) is 0 Å². The lowest BCUT2D eigenvalue weighted by Gasteiger charge is -2.13. The summed E-state index contributed by atoms with van der Waals surface area (Å²) in [5.41, 5.74) is 0. The Morgan fingerprint density at radius 3 is 2.33 bits per heavy atom. The second-order valence-corrected chi connectivity index (χ2v) is 3.74. The zero-order valence-electron chi connectivity index (χ0n) is 8.71. The molecule has 0 spiro atoms. The van der Waals surface area contributed by atoms with Crippen LogP contribution in [0.15, 0.2) is 0 Å². The van der Waals surface area contributed by atoms with Crippen molar-refractivity contribution in [1.29, 1.82) is 0 Å². The summed E-state index contributed by atoms with van der Waals surface area (Å²) in [6, 6.07) is 0. The molecule has 12 heavy (non-hydrogen) atoms. The van der Waals surface area contributed by atoms with Gasteiger partial charge in [0.2, 0.25) is 0 Å². The minimum Gasteiger partial charge on any atom is -0.393 e. The first-order valence-corrected chi connectivity index (χ1v) is 4.99. The number of hydrogen-bond acceptors (Lipinski definition) is 2. The van der Waals surface area contributed by atoms with Crippen LogP contribution in [0.1, 0.15) is 39.0 Å². The van der Waals surface area contributed by atoms with E-state index >= 15 is 0 Å². The summed E-state index contributed by atoms with van der Waals surface area (Å²) >= 11 is 0. The maximum atomic E-state index is 9.50. The first-order chi connectivity index (χ1) is 5.66. The van der Waals surface area contributed by atoms with Gasteiger partial charge in [-0.2, -0.15) is 0 Å². The third-order valence-electron chi connectivity index (χ3n) is 2.05. The Balaban J connectivity index is 3.15. The molecule has 1 N–H and O–H groups in total. The third kappa shape index (κ3) is 8.02. The Kier molecular flexibility index (Phi) is 7.51. The monoisotopic (exact) mass is 173 g/mol. The molecule has 74 valence electrons. The van der Waals surface area contributed by atoms with Crippen molar-refractivity contribution in [3.05, 3.63) is 0 Å². The Hall–Kier alpha value is -0.0800. The molecule has 0 heterocycles. The second kappa shape index (κ2) is 7.56. The van der Waals surface area contributed by atoms with Crippen molar-refractivity contribution < 1.29 is 5.11 Å². The SMILES string of the molecule is CCCCCC(O)CCN(C)C. The van der Waals surface area contributed by atoms with E-state index in [-0.39, 0.29) is 6.10 Å². The van der Waals surface area contributed by atoms with E-state index in [1.807, 2.05) is 14.1 Å². The van der Waals surface area contributed by atoms with E-state index < -0.39 is 0 Å². The number of unbranched alkanes of at least 4 members (excludes halogenated alkanes) is 2. The Bertz CT molecular complexity index is 93.8. The molecular formula is C10H23NO. The van der Waals surface area contributed by atoms with Gasteiger partial charge in [-0.25, -0.2) is 0 Å². The minimum absolute atomic E-state index is 0.0843.